The molecule has 0 aromatic heterocycles. The molecule has 0 bridgehead atoms. The van der Waals surface area contributed by atoms with E-state index in [9.17, 15) is 5.11 Å². The Morgan fingerprint density at radius 3 is 2.80 bits per heavy atom. The Morgan fingerprint density at radius 2 is 2.20 bits per heavy atom. The third-order valence-electron chi connectivity index (χ3n) is 3.01. The molecule has 0 amide bonds. The molecule has 2 N–H and O–H groups in total. The van der Waals surface area contributed by atoms with Gasteiger partial charge in [0.25, 0.3) is 0 Å². The highest BCUT2D eigenvalue weighted by molar-refractivity contribution is 4.84. The van der Waals surface area contributed by atoms with E-state index in [2.05, 4.69) is 18.8 Å². The van der Waals surface area contributed by atoms with Crippen LogP contribution in [0, 0.1) is 0 Å². The van der Waals surface area contributed by atoms with E-state index in [0.717, 1.165) is 25.7 Å². The summed E-state index contributed by atoms with van der Waals surface area (Å²) in [5, 5.41) is 13.6. The van der Waals surface area contributed by atoms with E-state index in [1.165, 1.54) is 0 Å². The standard InChI is InChI=1S/C12H23NO2/c1-3-4-5-11(2)13-10-12(14)6-8-15-9-7-12/h3,11,13-14H,1,4-10H2,2H3. The molecule has 15 heavy (non-hydrogen) atoms. The van der Waals surface area contributed by atoms with Crippen LogP contribution in [0.15, 0.2) is 12.7 Å². The SMILES string of the molecule is C=CCCC(C)NCC1(O)CCOCC1. The van der Waals surface area contributed by atoms with Gasteiger partial charge in [0.1, 0.15) is 0 Å². The number of nitrogens with one attached hydrogen (secondary N) is 1. The van der Waals surface area contributed by atoms with Crippen molar-refractivity contribution < 1.29 is 9.84 Å². The van der Waals surface area contributed by atoms with Crippen LogP contribution in [-0.4, -0.2) is 36.5 Å². The van der Waals surface area contributed by atoms with Crippen molar-refractivity contribution in [1.29, 1.82) is 0 Å². The second kappa shape index (κ2) is 6.26. The van der Waals surface area contributed by atoms with Gasteiger partial charge in [-0.05, 0) is 19.8 Å². The zero-order chi connectivity index (χ0) is 11.1. The van der Waals surface area contributed by atoms with E-state index < -0.39 is 5.60 Å². The summed E-state index contributed by atoms with van der Waals surface area (Å²) in [5.74, 6) is 0. The van der Waals surface area contributed by atoms with Gasteiger partial charge in [0, 0.05) is 38.6 Å². The molecular formula is C12H23NO2. The minimum atomic E-state index is -0.555. The van der Waals surface area contributed by atoms with Crippen LogP contribution in [-0.2, 0) is 4.74 Å². The molecule has 0 saturated carbocycles. The third kappa shape index (κ3) is 4.78. The quantitative estimate of drug-likeness (QED) is 0.657. The minimum Gasteiger partial charge on any atom is -0.388 e. The molecule has 1 aliphatic heterocycles. The number of aliphatic hydroxyl groups is 1. The monoisotopic (exact) mass is 213 g/mol. The fourth-order valence-corrected chi connectivity index (χ4v) is 1.76. The Morgan fingerprint density at radius 1 is 1.53 bits per heavy atom. The van der Waals surface area contributed by atoms with Crippen molar-refractivity contribution in [2.45, 2.75) is 44.2 Å². The zero-order valence-corrected chi connectivity index (χ0v) is 9.67. The van der Waals surface area contributed by atoms with Crippen LogP contribution in [0.2, 0.25) is 0 Å². The summed E-state index contributed by atoms with van der Waals surface area (Å²) in [7, 11) is 0. The Hall–Kier alpha value is -0.380. The lowest BCUT2D eigenvalue weighted by Gasteiger charge is -2.33. The molecular weight excluding hydrogens is 190 g/mol. The highest BCUT2D eigenvalue weighted by Crippen LogP contribution is 2.19. The van der Waals surface area contributed by atoms with Gasteiger partial charge in [0.05, 0.1) is 5.60 Å². The van der Waals surface area contributed by atoms with Gasteiger partial charge in [-0.2, -0.15) is 0 Å². The van der Waals surface area contributed by atoms with Gasteiger partial charge in [0.15, 0.2) is 0 Å². The first-order chi connectivity index (χ1) is 7.16. The maximum absolute atomic E-state index is 10.2. The summed E-state index contributed by atoms with van der Waals surface area (Å²) in [6, 6.07) is 0.440. The lowest BCUT2D eigenvalue weighted by atomic mass is 9.94. The van der Waals surface area contributed by atoms with Crippen LogP contribution in [0.4, 0.5) is 0 Å². The van der Waals surface area contributed by atoms with Crippen molar-refractivity contribution >= 4 is 0 Å². The maximum Gasteiger partial charge on any atom is 0.0815 e. The van der Waals surface area contributed by atoms with Crippen molar-refractivity contribution in [1.82, 2.24) is 5.32 Å². The highest BCUT2D eigenvalue weighted by Gasteiger charge is 2.29. The van der Waals surface area contributed by atoms with Crippen LogP contribution in [0.1, 0.15) is 32.6 Å². The molecule has 88 valence electrons. The van der Waals surface area contributed by atoms with Gasteiger partial charge in [-0.15, -0.1) is 6.58 Å². The minimum absolute atomic E-state index is 0.440. The highest BCUT2D eigenvalue weighted by atomic mass is 16.5. The molecule has 0 spiro atoms. The van der Waals surface area contributed by atoms with Crippen molar-refractivity contribution in [3.05, 3.63) is 12.7 Å². The smallest absolute Gasteiger partial charge is 0.0815 e. The van der Waals surface area contributed by atoms with Crippen molar-refractivity contribution in [3.63, 3.8) is 0 Å². The number of allylic oxidation sites excluding steroid dienone is 1. The molecule has 1 unspecified atom stereocenters. The number of rotatable bonds is 6. The molecule has 1 heterocycles. The van der Waals surface area contributed by atoms with Crippen LogP contribution in [0.3, 0.4) is 0 Å². The van der Waals surface area contributed by atoms with E-state index >= 15 is 0 Å². The average Bonchev–Trinajstić information content (AvgIpc) is 2.25. The lowest BCUT2D eigenvalue weighted by Crippen LogP contribution is -2.47. The van der Waals surface area contributed by atoms with Crippen molar-refractivity contribution in [2.75, 3.05) is 19.8 Å². The van der Waals surface area contributed by atoms with Gasteiger partial charge in [-0.1, -0.05) is 6.08 Å². The Balaban J connectivity index is 2.19. The predicted octanol–water partition coefficient (Wildman–Crippen LogP) is 1.47. The van der Waals surface area contributed by atoms with Gasteiger partial charge in [0.2, 0.25) is 0 Å². The molecule has 3 heteroatoms. The average molecular weight is 213 g/mol. The summed E-state index contributed by atoms with van der Waals surface area (Å²) in [4.78, 5) is 0. The molecule has 1 aliphatic rings. The molecule has 1 rings (SSSR count). The first-order valence-corrected chi connectivity index (χ1v) is 5.81. The molecule has 0 radical (unpaired) electrons. The van der Waals surface area contributed by atoms with Gasteiger partial charge in [-0.3, -0.25) is 0 Å². The van der Waals surface area contributed by atoms with Crippen LogP contribution < -0.4 is 5.32 Å². The second-order valence-electron chi connectivity index (χ2n) is 4.48. The summed E-state index contributed by atoms with van der Waals surface area (Å²) < 4.78 is 5.24. The second-order valence-corrected chi connectivity index (χ2v) is 4.48. The first-order valence-electron chi connectivity index (χ1n) is 5.81. The van der Waals surface area contributed by atoms with E-state index in [1.807, 2.05) is 6.08 Å². The summed E-state index contributed by atoms with van der Waals surface area (Å²) in [5.41, 5.74) is -0.555. The van der Waals surface area contributed by atoms with Crippen LogP contribution in [0.5, 0.6) is 0 Å². The summed E-state index contributed by atoms with van der Waals surface area (Å²) >= 11 is 0. The van der Waals surface area contributed by atoms with E-state index in [1.54, 1.807) is 0 Å². The molecule has 1 fully saturated rings. The van der Waals surface area contributed by atoms with E-state index in [4.69, 9.17) is 4.74 Å². The predicted molar refractivity (Wildman–Crippen MR) is 61.9 cm³/mol. The van der Waals surface area contributed by atoms with Crippen molar-refractivity contribution in [3.8, 4) is 0 Å². The normalized spacial score (nSPS) is 22.3. The lowest BCUT2D eigenvalue weighted by molar-refractivity contribution is -0.0626. The maximum atomic E-state index is 10.2. The molecule has 0 aromatic carbocycles. The Kier molecular flexibility index (Phi) is 5.29. The van der Waals surface area contributed by atoms with Crippen LogP contribution >= 0.6 is 0 Å². The van der Waals surface area contributed by atoms with Crippen molar-refractivity contribution in [2.24, 2.45) is 0 Å². The van der Waals surface area contributed by atoms with E-state index in [0.29, 0.717) is 25.8 Å². The largest absolute Gasteiger partial charge is 0.388 e. The third-order valence-corrected chi connectivity index (χ3v) is 3.01. The fourth-order valence-electron chi connectivity index (χ4n) is 1.76. The Labute approximate surface area is 92.5 Å². The first kappa shape index (κ1) is 12.7. The van der Waals surface area contributed by atoms with Gasteiger partial charge >= 0.3 is 0 Å². The molecule has 1 saturated heterocycles. The van der Waals surface area contributed by atoms with Crippen LogP contribution in [0.25, 0.3) is 0 Å². The Bertz CT molecular complexity index is 188. The molecule has 1 atom stereocenters. The van der Waals surface area contributed by atoms with E-state index in [-0.39, 0.29) is 0 Å². The molecule has 3 nitrogen and oxygen atoms in total. The topological polar surface area (TPSA) is 41.5 Å². The summed E-state index contributed by atoms with van der Waals surface area (Å²) in [6.45, 7) is 7.88. The fraction of sp³-hybridized carbons (Fsp3) is 0.833. The molecule has 0 aromatic rings. The number of hydrogen-bond acceptors (Lipinski definition) is 3. The summed E-state index contributed by atoms with van der Waals surface area (Å²) in [6.07, 6.45) is 5.52. The molecule has 0 aliphatic carbocycles. The number of hydrogen-bond donors (Lipinski definition) is 2. The zero-order valence-electron chi connectivity index (χ0n) is 9.67. The van der Waals surface area contributed by atoms with Gasteiger partial charge < -0.3 is 15.2 Å². The van der Waals surface area contributed by atoms with Gasteiger partial charge in [-0.25, -0.2) is 0 Å². The number of ether oxygens (including phenoxy) is 1.